The molecule has 0 heterocycles. The molecule has 0 amide bonds. The summed E-state index contributed by atoms with van der Waals surface area (Å²) in [6, 6.07) is 0. The molecule has 1 aliphatic carbocycles. The maximum atomic E-state index is 10.6. The molecule has 0 aromatic heterocycles. The summed E-state index contributed by atoms with van der Waals surface area (Å²) in [4.78, 5) is 10.6. The van der Waals surface area contributed by atoms with Gasteiger partial charge in [0.2, 0.25) is 0 Å². The van der Waals surface area contributed by atoms with Gasteiger partial charge in [-0.1, -0.05) is 39.0 Å². The summed E-state index contributed by atoms with van der Waals surface area (Å²) in [6.45, 7) is 4.26. The minimum Gasteiger partial charge on any atom is -0.466 e. The first-order chi connectivity index (χ1) is 6.68. The maximum absolute atomic E-state index is 10.6. The van der Waals surface area contributed by atoms with Crippen LogP contribution >= 0.6 is 0 Å². The van der Waals surface area contributed by atoms with Crippen molar-refractivity contribution in [2.24, 2.45) is 11.8 Å². The van der Waals surface area contributed by atoms with Gasteiger partial charge >= 0.3 is 5.97 Å². The summed E-state index contributed by atoms with van der Waals surface area (Å²) in [5.74, 6) is 1.26. The number of hydrogen-bond donors (Lipinski definition) is 0. The van der Waals surface area contributed by atoms with Crippen molar-refractivity contribution < 1.29 is 9.53 Å². The molecule has 1 atom stereocenters. The molecule has 0 radical (unpaired) electrons. The van der Waals surface area contributed by atoms with E-state index in [4.69, 9.17) is 4.74 Å². The average Bonchev–Trinajstić information content (AvgIpc) is 2.16. The number of carbonyl (C=O) groups is 1. The van der Waals surface area contributed by atoms with Crippen molar-refractivity contribution in [3.63, 3.8) is 0 Å². The lowest BCUT2D eigenvalue weighted by Gasteiger charge is -2.24. The van der Waals surface area contributed by atoms with E-state index in [1.165, 1.54) is 45.4 Å². The SMILES string of the molecule is CC(=O)OC[C@@H](C)CC1CCCCC1. The molecule has 82 valence electrons. The Labute approximate surface area is 87.0 Å². The highest BCUT2D eigenvalue weighted by Gasteiger charge is 2.16. The highest BCUT2D eigenvalue weighted by Crippen LogP contribution is 2.28. The summed E-state index contributed by atoms with van der Waals surface area (Å²) >= 11 is 0. The van der Waals surface area contributed by atoms with Gasteiger partial charge in [-0.05, 0) is 18.3 Å². The molecule has 0 spiro atoms. The van der Waals surface area contributed by atoms with Crippen LogP contribution in [0.15, 0.2) is 0 Å². The van der Waals surface area contributed by atoms with Crippen molar-refractivity contribution in [2.75, 3.05) is 6.61 Å². The minimum absolute atomic E-state index is 0.152. The largest absolute Gasteiger partial charge is 0.466 e. The van der Waals surface area contributed by atoms with Gasteiger partial charge < -0.3 is 4.74 Å². The summed E-state index contributed by atoms with van der Waals surface area (Å²) in [5.41, 5.74) is 0. The molecule has 0 aliphatic heterocycles. The first kappa shape index (κ1) is 11.5. The Hall–Kier alpha value is -0.530. The molecule has 1 rings (SSSR count). The number of carbonyl (C=O) groups excluding carboxylic acids is 1. The van der Waals surface area contributed by atoms with E-state index in [1.807, 2.05) is 0 Å². The van der Waals surface area contributed by atoms with Crippen molar-refractivity contribution in [3.8, 4) is 0 Å². The zero-order valence-corrected chi connectivity index (χ0v) is 9.42. The maximum Gasteiger partial charge on any atom is 0.302 e. The molecule has 0 aromatic rings. The van der Waals surface area contributed by atoms with Gasteiger partial charge in [0.25, 0.3) is 0 Å². The second kappa shape index (κ2) is 6.05. The second-order valence-corrected chi connectivity index (χ2v) is 4.65. The Kier molecular flexibility index (Phi) is 4.99. The average molecular weight is 198 g/mol. The molecule has 2 heteroatoms. The van der Waals surface area contributed by atoms with Gasteiger partial charge in [-0.25, -0.2) is 0 Å². The Morgan fingerprint density at radius 3 is 2.57 bits per heavy atom. The first-order valence-corrected chi connectivity index (χ1v) is 5.82. The molecule has 0 bridgehead atoms. The van der Waals surface area contributed by atoms with E-state index in [2.05, 4.69) is 6.92 Å². The van der Waals surface area contributed by atoms with Gasteiger partial charge in [0, 0.05) is 6.92 Å². The highest BCUT2D eigenvalue weighted by atomic mass is 16.5. The fraction of sp³-hybridized carbons (Fsp3) is 0.917. The topological polar surface area (TPSA) is 26.3 Å². The van der Waals surface area contributed by atoms with Crippen molar-refractivity contribution in [1.29, 1.82) is 0 Å². The Morgan fingerprint density at radius 2 is 2.00 bits per heavy atom. The van der Waals surface area contributed by atoms with E-state index >= 15 is 0 Å². The van der Waals surface area contributed by atoms with Crippen LogP contribution in [0.5, 0.6) is 0 Å². The molecule has 2 nitrogen and oxygen atoms in total. The molecule has 0 N–H and O–H groups in total. The smallest absolute Gasteiger partial charge is 0.302 e. The van der Waals surface area contributed by atoms with E-state index < -0.39 is 0 Å². The first-order valence-electron chi connectivity index (χ1n) is 5.82. The van der Waals surface area contributed by atoms with Crippen molar-refractivity contribution in [2.45, 2.75) is 52.4 Å². The van der Waals surface area contributed by atoms with Crippen molar-refractivity contribution in [1.82, 2.24) is 0 Å². The molecule has 0 saturated heterocycles. The third-order valence-corrected chi connectivity index (χ3v) is 3.03. The van der Waals surface area contributed by atoms with Crippen LogP contribution in [0.1, 0.15) is 52.4 Å². The summed E-state index contributed by atoms with van der Waals surface area (Å²) < 4.78 is 5.01. The van der Waals surface area contributed by atoms with Gasteiger partial charge in [-0.3, -0.25) is 4.79 Å². The summed E-state index contributed by atoms with van der Waals surface area (Å²) in [7, 11) is 0. The third-order valence-electron chi connectivity index (χ3n) is 3.03. The fourth-order valence-electron chi connectivity index (χ4n) is 2.32. The lowest BCUT2D eigenvalue weighted by molar-refractivity contribution is -0.142. The standard InChI is InChI=1S/C12H22O2/c1-10(9-14-11(2)13)8-12-6-4-3-5-7-12/h10,12H,3-9H2,1-2H3/t10-/m0/s1. The lowest BCUT2D eigenvalue weighted by atomic mass is 9.83. The van der Waals surface area contributed by atoms with Gasteiger partial charge in [0.05, 0.1) is 6.61 Å². The minimum atomic E-state index is -0.152. The lowest BCUT2D eigenvalue weighted by Crippen LogP contribution is -2.15. The summed E-state index contributed by atoms with van der Waals surface area (Å²) in [6.07, 6.45) is 8.19. The quantitative estimate of drug-likeness (QED) is 0.649. The van der Waals surface area contributed by atoms with Crippen LogP contribution in [0.25, 0.3) is 0 Å². The molecule has 1 saturated carbocycles. The van der Waals surface area contributed by atoms with E-state index in [9.17, 15) is 4.79 Å². The Morgan fingerprint density at radius 1 is 1.36 bits per heavy atom. The zero-order valence-electron chi connectivity index (χ0n) is 9.42. The van der Waals surface area contributed by atoms with Gasteiger partial charge in [-0.15, -0.1) is 0 Å². The number of ether oxygens (including phenoxy) is 1. The van der Waals surface area contributed by atoms with Crippen LogP contribution in [-0.2, 0) is 9.53 Å². The molecule has 1 fully saturated rings. The predicted octanol–water partition coefficient (Wildman–Crippen LogP) is 3.16. The molecular formula is C12H22O2. The van der Waals surface area contributed by atoms with Gasteiger partial charge in [0.1, 0.15) is 0 Å². The van der Waals surface area contributed by atoms with Crippen molar-refractivity contribution in [3.05, 3.63) is 0 Å². The Bertz CT molecular complexity index is 171. The normalized spacial score (nSPS) is 20.4. The molecule has 0 aromatic carbocycles. The highest BCUT2D eigenvalue weighted by molar-refractivity contribution is 5.65. The summed E-state index contributed by atoms with van der Waals surface area (Å²) in [5, 5.41) is 0. The second-order valence-electron chi connectivity index (χ2n) is 4.65. The number of rotatable bonds is 4. The molecule has 14 heavy (non-hydrogen) atoms. The van der Waals surface area contributed by atoms with Crippen LogP contribution in [0, 0.1) is 11.8 Å². The molecule has 1 aliphatic rings. The fourth-order valence-corrected chi connectivity index (χ4v) is 2.32. The number of esters is 1. The van der Waals surface area contributed by atoms with E-state index in [1.54, 1.807) is 0 Å². The molecule has 0 unspecified atom stereocenters. The van der Waals surface area contributed by atoms with E-state index in [-0.39, 0.29) is 5.97 Å². The molecular weight excluding hydrogens is 176 g/mol. The number of hydrogen-bond acceptors (Lipinski definition) is 2. The monoisotopic (exact) mass is 198 g/mol. The van der Waals surface area contributed by atoms with Gasteiger partial charge in [-0.2, -0.15) is 0 Å². The zero-order chi connectivity index (χ0) is 10.4. The van der Waals surface area contributed by atoms with Crippen molar-refractivity contribution >= 4 is 5.97 Å². The van der Waals surface area contributed by atoms with E-state index in [0.717, 1.165) is 5.92 Å². The van der Waals surface area contributed by atoms with Crippen LogP contribution in [0.4, 0.5) is 0 Å². The predicted molar refractivity (Wildman–Crippen MR) is 57.0 cm³/mol. The van der Waals surface area contributed by atoms with Crippen LogP contribution in [0.3, 0.4) is 0 Å². The van der Waals surface area contributed by atoms with E-state index in [0.29, 0.717) is 12.5 Å². The van der Waals surface area contributed by atoms with Crippen LogP contribution in [-0.4, -0.2) is 12.6 Å². The Balaban J connectivity index is 2.11. The third kappa shape index (κ3) is 4.64. The van der Waals surface area contributed by atoms with Gasteiger partial charge in [0.15, 0.2) is 0 Å². The van der Waals surface area contributed by atoms with Crippen LogP contribution < -0.4 is 0 Å². The van der Waals surface area contributed by atoms with Crippen LogP contribution in [0.2, 0.25) is 0 Å².